The lowest BCUT2D eigenvalue weighted by Gasteiger charge is -2.35. The number of piperazine rings is 1. The Labute approximate surface area is 159 Å². The van der Waals surface area contributed by atoms with E-state index >= 15 is 0 Å². The molecule has 8 nitrogen and oxygen atoms in total. The summed E-state index contributed by atoms with van der Waals surface area (Å²) < 4.78 is 0. The second-order valence-corrected chi connectivity index (χ2v) is 7.12. The van der Waals surface area contributed by atoms with Gasteiger partial charge in [0.05, 0.1) is 12.1 Å². The van der Waals surface area contributed by atoms with Crippen molar-refractivity contribution in [2.75, 3.05) is 32.7 Å². The monoisotopic (exact) mass is 373 g/mol. The maximum atomic E-state index is 12.6. The smallest absolute Gasteiger partial charge is 0.324 e. The number of rotatable bonds is 6. The van der Waals surface area contributed by atoms with Crippen molar-refractivity contribution in [2.24, 2.45) is 0 Å². The van der Waals surface area contributed by atoms with Gasteiger partial charge in [-0.1, -0.05) is 13.0 Å². The van der Waals surface area contributed by atoms with E-state index in [9.17, 15) is 14.4 Å². The van der Waals surface area contributed by atoms with Gasteiger partial charge in [-0.3, -0.25) is 24.4 Å². The normalized spacial score (nSPS) is 20.9. The highest BCUT2D eigenvalue weighted by atomic mass is 16.2. The summed E-state index contributed by atoms with van der Waals surface area (Å²) in [5.74, 6) is -0.375. The first-order valence-corrected chi connectivity index (χ1v) is 9.52. The van der Waals surface area contributed by atoms with Crippen molar-refractivity contribution in [1.82, 2.24) is 25.0 Å². The van der Waals surface area contributed by atoms with Gasteiger partial charge in [0, 0.05) is 45.5 Å². The van der Waals surface area contributed by atoms with Crippen LogP contribution in [0.1, 0.15) is 31.0 Å². The number of amides is 4. The molecule has 2 aliphatic rings. The average molecular weight is 373 g/mol. The van der Waals surface area contributed by atoms with Crippen molar-refractivity contribution in [2.45, 2.75) is 39.3 Å². The van der Waals surface area contributed by atoms with Gasteiger partial charge >= 0.3 is 6.03 Å². The molecule has 2 fully saturated rings. The number of hydrogen-bond acceptors (Lipinski definition) is 5. The van der Waals surface area contributed by atoms with Gasteiger partial charge in [0.15, 0.2) is 0 Å². The van der Waals surface area contributed by atoms with Crippen molar-refractivity contribution in [3.63, 3.8) is 0 Å². The molecule has 0 spiro atoms. The van der Waals surface area contributed by atoms with Gasteiger partial charge in [0.25, 0.3) is 5.91 Å². The molecule has 0 saturated carbocycles. The molecule has 27 heavy (non-hydrogen) atoms. The lowest BCUT2D eigenvalue weighted by atomic mass is 10.1. The SMILES string of the molecule is CCCN1C(=O)NC(CC(=O)N2CCN(Cc3ncccc3C)CC2)C1=O. The molecule has 2 aliphatic heterocycles. The average Bonchev–Trinajstić information content (AvgIpc) is 2.92. The summed E-state index contributed by atoms with van der Waals surface area (Å²) in [5, 5.41) is 2.63. The third kappa shape index (κ3) is 4.44. The van der Waals surface area contributed by atoms with Crippen LogP contribution in [0.15, 0.2) is 18.3 Å². The highest BCUT2D eigenvalue weighted by molar-refractivity contribution is 6.05. The number of aromatic nitrogens is 1. The van der Waals surface area contributed by atoms with E-state index in [1.807, 2.05) is 13.0 Å². The van der Waals surface area contributed by atoms with Gasteiger partial charge < -0.3 is 10.2 Å². The molecule has 3 rings (SSSR count). The minimum atomic E-state index is -0.731. The molecule has 0 aliphatic carbocycles. The Morgan fingerprint density at radius 2 is 2.00 bits per heavy atom. The quantitative estimate of drug-likeness (QED) is 0.744. The lowest BCUT2D eigenvalue weighted by molar-refractivity contribution is -0.137. The molecule has 1 aromatic heterocycles. The van der Waals surface area contributed by atoms with E-state index in [1.165, 1.54) is 10.5 Å². The Kier molecular flexibility index (Phi) is 6.05. The first kappa shape index (κ1) is 19.3. The standard InChI is InChI=1S/C19H27N5O3/c1-3-7-24-18(26)15(21-19(24)27)12-17(25)23-10-8-22(9-11-23)13-16-14(2)5-4-6-20-16/h4-6,15H,3,7-13H2,1-2H3,(H,21,27). The zero-order chi connectivity index (χ0) is 19.4. The molecule has 1 atom stereocenters. The third-order valence-electron chi connectivity index (χ3n) is 5.15. The van der Waals surface area contributed by atoms with Crippen LogP contribution in [0.4, 0.5) is 4.79 Å². The summed E-state index contributed by atoms with van der Waals surface area (Å²) in [6, 6.07) is 2.86. The Bertz CT molecular complexity index is 715. The minimum Gasteiger partial charge on any atom is -0.340 e. The van der Waals surface area contributed by atoms with E-state index in [1.54, 1.807) is 11.1 Å². The molecule has 0 bridgehead atoms. The Hall–Kier alpha value is -2.48. The molecule has 1 N–H and O–H groups in total. The Morgan fingerprint density at radius 3 is 2.67 bits per heavy atom. The first-order valence-electron chi connectivity index (χ1n) is 9.52. The van der Waals surface area contributed by atoms with E-state index in [-0.39, 0.29) is 18.2 Å². The highest BCUT2D eigenvalue weighted by Crippen LogP contribution is 2.14. The van der Waals surface area contributed by atoms with Crippen LogP contribution >= 0.6 is 0 Å². The van der Waals surface area contributed by atoms with Gasteiger partial charge in [-0.05, 0) is 25.0 Å². The molecule has 4 amide bonds. The maximum Gasteiger partial charge on any atom is 0.324 e. The largest absolute Gasteiger partial charge is 0.340 e. The summed E-state index contributed by atoms with van der Waals surface area (Å²) in [6.45, 7) is 7.92. The van der Waals surface area contributed by atoms with Gasteiger partial charge in [0.2, 0.25) is 5.91 Å². The summed E-state index contributed by atoms with van der Waals surface area (Å²) in [7, 11) is 0. The highest BCUT2D eigenvalue weighted by Gasteiger charge is 2.39. The fourth-order valence-corrected chi connectivity index (χ4v) is 3.51. The van der Waals surface area contributed by atoms with Crippen LogP contribution in [0.3, 0.4) is 0 Å². The van der Waals surface area contributed by atoms with Gasteiger partial charge in [0.1, 0.15) is 6.04 Å². The molecule has 8 heteroatoms. The number of nitrogens with one attached hydrogen (secondary N) is 1. The molecule has 0 radical (unpaired) electrons. The number of pyridine rings is 1. The molecule has 3 heterocycles. The van der Waals surface area contributed by atoms with Gasteiger partial charge in [-0.2, -0.15) is 0 Å². The molecular weight excluding hydrogens is 346 g/mol. The van der Waals surface area contributed by atoms with Crippen LogP contribution < -0.4 is 5.32 Å². The topological polar surface area (TPSA) is 85.8 Å². The fourth-order valence-electron chi connectivity index (χ4n) is 3.51. The number of aryl methyl sites for hydroxylation is 1. The van der Waals surface area contributed by atoms with Crippen LogP contribution in [-0.4, -0.2) is 76.3 Å². The Balaban J connectivity index is 1.48. The van der Waals surface area contributed by atoms with Crippen LogP contribution in [0.5, 0.6) is 0 Å². The van der Waals surface area contributed by atoms with E-state index < -0.39 is 12.1 Å². The van der Waals surface area contributed by atoms with E-state index in [4.69, 9.17) is 0 Å². The first-order chi connectivity index (χ1) is 13.0. The fraction of sp³-hybridized carbons (Fsp3) is 0.579. The summed E-state index contributed by atoms with van der Waals surface area (Å²) >= 11 is 0. The summed E-state index contributed by atoms with van der Waals surface area (Å²) in [6.07, 6.45) is 2.54. The van der Waals surface area contributed by atoms with Crippen molar-refractivity contribution in [1.29, 1.82) is 0 Å². The van der Waals surface area contributed by atoms with Crippen LogP contribution in [0.25, 0.3) is 0 Å². The molecule has 1 aromatic rings. The second kappa shape index (κ2) is 8.47. The zero-order valence-electron chi connectivity index (χ0n) is 16.0. The van der Waals surface area contributed by atoms with Crippen molar-refractivity contribution in [3.05, 3.63) is 29.6 Å². The molecule has 1 unspecified atom stereocenters. The Morgan fingerprint density at radius 1 is 1.26 bits per heavy atom. The number of imide groups is 1. The lowest BCUT2D eigenvalue weighted by Crippen LogP contribution is -2.49. The number of urea groups is 1. The summed E-state index contributed by atoms with van der Waals surface area (Å²) in [4.78, 5) is 46.4. The second-order valence-electron chi connectivity index (χ2n) is 7.12. The molecule has 0 aromatic carbocycles. The van der Waals surface area contributed by atoms with E-state index in [0.29, 0.717) is 26.1 Å². The van der Waals surface area contributed by atoms with Crippen molar-refractivity contribution >= 4 is 17.8 Å². The van der Waals surface area contributed by atoms with Crippen LogP contribution in [-0.2, 0) is 16.1 Å². The molecule has 146 valence electrons. The van der Waals surface area contributed by atoms with Crippen molar-refractivity contribution in [3.8, 4) is 0 Å². The minimum absolute atomic E-state index is 0.0319. The number of hydrogen-bond donors (Lipinski definition) is 1. The molecular formula is C19H27N5O3. The van der Waals surface area contributed by atoms with Gasteiger partial charge in [-0.25, -0.2) is 4.79 Å². The predicted molar refractivity (Wildman–Crippen MR) is 99.8 cm³/mol. The predicted octanol–water partition coefficient (Wildman–Crippen LogP) is 0.755. The van der Waals surface area contributed by atoms with E-state index in [0.717, 1.165) is 25.3 Å². The van der Waals surface area contributed by atoms with Gasteiger partial charge in [-0.15, -0.1) is 0 Å². The maximum absolute atomic E-state index is 12.6. The number of nitrogens with zero attached hydrogens (tertiary/aromatic N) is 4. The molecule has 2 saturated heterocycles. The number of carbonyl (C=O) groups excluding carboxylic acids is 3. The summed E-state index contributed by atoms with van der Waals surface area (Å²) in [5.41, 5.74) is 2.23. The third-order valence-corrected chi connectivity index (χ3v) is 5.15. The van der Waals surface area contributed by atoms with Crippen molar-refractivity contribution < 1.29 is 14.4 Å². The van der Waals surface area contributed by atoms with Crippen LogP contribution in [0, 0.1) is 6.92 Å². The number of carbonyl (C=O) groups is 3. The van der Waals surface area contributed by atoms with E-state index in [2.05, 4.69) is 28.2 Å². The zero-order valence-corrected chi connectivity index (χ0v) is 16.0. The van der Waals surface area contributed by atoms with Crippen LogP contribution in [0.2, 0.25) is 0 Å².